The van der Waals surface area contributed by atoms with Gasteiger partial charge in [0, 0.05) is 10.5 Å². The van der Waals surface area contributed by atoms with E-state index in [-0.39, 0.29) is 16.8 Å². The number of methoxy groups -OCH3 is 1. The highest BCUT2D eigenvalue weighted by atomic mass is 35.5. The zero-order valence-corrected chi connectivity index (χ0v) is 17.0. The lowest BCUT2D eigenvalue weighted by molar-refractivity contribution is 0.0600. The number of halogens is 2. The number of benzene rings is 2. The van der Waals surface area contributed by atoms with Gasteiger partial charge in [-0.25, -0.2) is 14.2 Å². The average molecular weight is 418 g/mol. The van der Waals surface area contributed by atoms with Gasteiger partial charge in [0.05, 0.1) is 12.7 Å². The third-order valence-electron chi connectivity index (χ3n) is 4.04. The highest BCUT2D eigenvalue weighted by molar-refractivity contribution is 8.00. The Morgan fingerprint density at radius 3 is 2.50 bits per heavy atom. The molecule has 0 saturated carbocycles. The number of hydrogen-bond acceptors (Lipinski definition) is 6. The Bertz CT molecular complexity index is 1030. The molecule has 0 aliphatic heterocycles. The molecule has 0 fully saturated rings. The fourth-order valence-electron chi connectivity index (χ4n) is 2.73. The van der Waals surface area contributed by atoms with Gasteiger partial charge in [-0.05, 0) is 55.1 Å². The number of carbonyl (C=O) groups excluding carboxylic acids is 1. The molecule has 0 amide bonds. The molecule has 0 atom stereocenters. The number of hydrogen-bond donors (Lipinski definition) is 1. The van der Waals surface area contributed by atoms with E-state index in [9.17, 15) is 9.18 Å². The Labute approximate surface area is 171 Å². The molecule has 8 heteroatoms. The molecule has 1 aromatic heterocycles. The molecule has 2 aromatic carbocycles. The zero-order chi connectivity index (χ0) is 20.3. The summed E-state index contributed by atoms with van der Waals surface area (Å²) in [6, 6.07) is 12.5. The summed E-state index contributed by atoms with van der Waals surface area (Å²) in [5.41, 5.74) is 3.02. The van der Waals surface area contributed by atoms with Crippen LogP contribution in [-0.4, -0.2) is 23.0 Å². The summed E-state index contributed by atoms with van der Waals surface area (Å²) < 4.78 is 22.3. The first-order valence-corrected chi connectivity index (χ1v) is 9.51. The van der Waals surface area contributed by atoms with Crippen LogP contribution in [0.25, 0.3) is 11.3 Å². The average Bonchev–Trinajstić information content (AvgIpc) is 2.69. The standard InChI is InChI=1S/C20H17ClFN3O2S/c1-11-6-4-7-12(2)15(11)17-16(22)18(21)24-20(23-17)25-28-14-9-5-8-13(10-14)19(26)27-3/h4-10H,1-3H3,(H,23,24,25). The topological polar surface area (TPSA) is 64.1 Å². The Morgan fingerprint density at radius 1 is 1.14 bits per heavy atom. The van der Waals surface area contributed by atoms with Crippen molar-refractivity contribution in [2.24, 2.45) is 0 Å². The maximum atomic E-state index is 14.6. The number of rotatable bonds is 5. The Kier molecular flexibility index (Phi) is 6.16. The molecular formula is C20H17ClFN3O2S. The van der Waals surface area contributed by atoms with Crippen LogP contribution < -0.4 is 4.72 Å². The monoisotopic (exact) mass is 417 g/mol. The summed E-state index contributed by atoms with van der Waals surface area (Å²) >= 11 is 7.18. The lowest BCUT2D eigenvalue weighted by Gasteiger charge is -2.12. The summed E-state index contributed by atoms with van der Waals surface area (Å²) in [7, 11) is 1.32. The van der Waals surface area contributed by atoms with Crippen LogP contribution in [-0.2, 0) is 4.74 Å². The second-order valence-corrected chi connectivity index (χ2v) is 7.23. The van der Waals surface area contributed by atoms with Gasteiger partial charge in [-0.2, -0.15) is 4.98 Å². The van der Waals surface area contributed by atoms with Crippen LogP contribution in [0.15, 0.2) is 47.4 Å². The van der Waals surface area contributed by atoms with Gasteiger partial charge in [0.1, 0.15) is 5.69 Å². The third kappa shape index (κ3) is 4.26. The van der Waals surface area contributed by atoms with Crippen molar-refractivity contribution in [1.82, 2.24) is 9.97 Å². The first kappa shape index (κ1) is 20.1. The van der Waals surface area contributed by atoms with E-state index in [0.717, 1.165) is 16.0 Å². The number of carbonyl (C=O) groups is 1. The molecule has 0 bridgehead atoms. The molecule has 0 radical (unpaired) electrons. The van der Waals surface area contributed by atoms with E-state index in [2.05, 4.69) is 14.7 Å². The van der Waals surface area contributed by atoms with Crippen molar-refractivity contribution >= 4 is 35.5 Å². The van der Waals surface area contributed by atoms with Gasteiger partial charge in [-0.15, -0.1) is 0 Å². The number of nitrogens with one attached hydrogen (secondary N) is 1. The Morgan fingerprint density at radius 2 is 1.82 bits per heavy atom. The fourth-order valence-corrected chi connectivity index (χ4v) is 3.53. The van der Waals surface area contributed by atoms with E-state index >= 15 is 0 Å². The third-order valence-corrected chi connectivity index (χ3v) is 5.07. The van der Waals surface area contributed by atoms with Crippen LogP contribution in [0.2, 0.25) is 5.15 Å². The van der Waals surface area contributed by atoms with E-state index in [1.807, 2.05) is 38.1 Å². The normalized spacial score (nSPS) is 10.6. The van der Waals surface area contributed by atoms with Gasteiger partial charge in [-0.3, -0.25) is 4.72 Å². The zero-order valence-electron chi connectivity index (χ0n) is 15.4. The Hall–Kier alpha value is -2.64. The van der Waals surface area contributed by atoms with Crippen molar-refractivity contribution in [3.63, 3.8) is 0 Å². The highest BCUT2D eigenvalue weighted by Gasteiger charge is 2.18. The molecule has 3 aromatic rings. The molecular weight excluding hydrogens is 401 g/mol. The van der Waals surface area contributed by atoms with Crippen LogP contribution >= 0.6 is 23.5 Å². The van der Waals surface area contributed by atoms with Gasteiger partial charge in [0.25, 0.3) is 0 Å². The van der Waals surface area contributed by atoms with Crippen molar-refractivity contribution in [1.29, 1.82) is 0 Å². The molecule has 144 valence electrons. The van der Waals surface area contributed by atoms with Gasteiger partial charge in [-0.1, -0.05) is 35.9 Å². The Balaban J connectivity index is 1.90. The van der Waals surface area contributed by atoms with E-state index < -0.39 is 11.8 Å². The number of aromatic nitrogens is 2. The fraction of sp³-hybridized carbons (Fsp3) is 0.150. The second-order valence-electron chi connectivity index (χ2n) is 5.99. The molecule has 0 unspecified atom stereocenters. The molecule has 28 heavy (non-hydrogen) atoms. The molecule has 0 spiro atoms. The molecule has 3 rings (SSSR count). The smallest absolute Gasteiger partial charge is 0.337 e. The number of anilines is 1. The number of aryl methyl sites for hydroxylation is 2. The molecule has 0 aliphatic carbocycles. The van der Waals surface area contributed by atoms with Gasteiger partial charge in [0.2, 0.25) is 5.95 Å². The summed E-state index contributed by atoms with van der Waals surface area (Å²) in [6.45, 7) is 3.77. The van der Waals surface area contributed by atoms with E-state index in [0.29, 0.717) is 11.1 Å². The quantitative estimate of drug-likeness (QED) is 0.338. The lowest BCUT2D eigenvalue weighted by Crippen LogP contribution is -2.03. The van der Waals surface area contributed by atoms with Crippen molar-refractivity contribution in [2.75, 3.05) is 11.8 Å². The number of esters is 1. The predicted octanol–water partition coefficient (Wildman–Crippen LogP) is 5.46. The predicted molar refractivity (Wildman–Crippen MR) is 109 cm³/mol. The van der Waals surface area contributed by atoms with Crippen molar-refractivity contribution in [3.05, 3.63) is 70.1 Å². The number of ether oxygens (including phenoxy) is 1. The minimum Gasteiger partial charge on any atom is -0.465 e. The molecule has 1 heterocycles. The van der Waals surface area contributed by atoms with Gasteiger partial charge in [0.15, 0.2) is 11.0 Å². The van der Waals surface area contributed by atoms with Crippen LogP contribution in [0.3, 0.4) is 0 Å². The summed E-state index contributed by atoms with van der Waals surface area (Å²) in [6.07, 6.45) is 0. The highest BCUT2D eigenvalue weighted by Crippen LogP contribution is 2.32. The largest absolute Gasteiger partial charge is 0.465 e. The maximum absolute atomic E-state index is 14.6. The van der Waals surface area contributed by atoms with Crippen LogP contribution in [0, 0.1) is 19.7 Å². The van der Waals surface area contributed by atoms with Gasteiger partial charge < -0.3 is 4.74 Å². The van der Waals surface area contributed by atoms with Crippen molar-refractivity contribution in [3.8, 4) is 11.3 Å². The molecule has 5 nitrogen and oxygen atoms in total. The minimum atomic E-state index is -0.665. The van der Waals surface area contributed by atoms with Crippen molar-refractivity contribution < 1.29 is 13.9 Å². The minimum absolute atomic E-state index is 0.141. The van der Waals surface area contributed by atoms with Crippen LogP contribution in [0.4, 0.5) is 10.3 Å². The molecule has 0 aliphatic rings. The van der Waals surface area contributed by atoms with Crippen molar-refractivity contribution in [2.45, 2.75) is 18.7 Å². The summed E-state index contributed by atoms with van der Waals surface area (Å²) in [5, 5.41) is -0.265. The van der Waals surface area contributed by atoms with Crippen LogP contribution in [0.5, 0.6) is 0 Å². The van der Waals surface area contributed by atoms with Gasteiger partial charge >= 0.3 is 5.97 Å². The van der Waals surface area contributed by atoms with E-state index in [1.54, 1.807) is 18.2 Å². The first-order valence-electron chi connectivity index (χ1n) is 8.31. The molecule has 1 N–H and O–H groups in total. The number of nitrogens with zero attached hydrogens (tertiary/aromatic N) is 2. The second kappa shape index (κ2) is 8.58. The van der Waals surface area contributed by atoms with Crippen LogP contribution in [0.1, 0.15) is 21.5 Å². The van der Waals surface area contributed by atoms with E-state index in [1.165, 1.54) is 19.1 Å². The first-order chi connectivity index (χ1) is 13.4. The summed E-state index contributed by atoms with van der Waals surface area (Å²) in [4.78, 5) is 20.7. The maximum Gasteiger partial charge on any atom is 0.337 e. The summed E-state index contributed by atoms with van der Waals surface area (Å²) in [5.74, 6) is -0.930. The molecule has 0 saturated heterocycles. The lowest BCUT2D eigenvalue weighted by atomic mass is 10.00. The van der Waals surface area contributed by atoms with E-state index in [4.69, 9.17) is 16.3 Å². The SMILES string of the molecule is COC(=O)c1cccc(SNc2nc(Cl)c(F)c(-c3c(C)cccc3C)n2)c1.